The smallest absolute Gasteiger partial charge is 0.179 e. The van der Waals surface area contributed by atoms with Gasteiger partial charge < -0.3 is 4.98 Å². The number of H-pyrrole nitrogens is 1. The van der Waals surface area contributed by atoms with Gasteiger partial charge in [0.25, 0.3) is 0 Å². The fourth-order valence-corrected chi connectivity index (χ4v) is 3.95. The van der Waals surface area contributed by atoms with E-state index in [1.165, 1.54) is 24.8 Å². The molecule has 2 aromatic rings. The quantitative estimate of drug-likeness (QED) is 0.848. The van der Waals surface area contributed by atoms with Crippen LogP contribution >= 0.6 is 24.0 Å². The number of thioether (sulfide) groups is 1. The molecule has 5 heteroatoms. The van der Waals surface area contributed by atoms with Crippen LogP contribution in [-0.4, -0.2) is 26.0 Å². The molecule has 3 nitrogen and oxygen atoms in total. The maximum absolute atomic E-state index is 5.47. The molecular formula is C13H17N3S2. The van der Waals surface area contributed by atoms with Crippen molar-refractivity contribution in [1.82, 2.24) is 14.5 Å². The van der Waals surface area contributed by atoms with Gasteiger partial charge in [0, 0.05) is 17.5 Å². The number of nitrogens with one attached hydrogen (secondary N) is 1. The van der Waals surface area contributed by atoms with E-state index in [0.29, 0.717) is 6.04 Å². The Morgan fingerprint density at radius 2 is 2.33 bits per heavy atom. The molecule has 1 aliphatic carbocycles. The molecule has 1 aliphatic rings. The van der Waals surface area contributed by atoms with Crippen LogP contribution in [0.1, 0.15) is 30.9 Å². The summed E-state index contributed by atoms with van der Waals surface area (Å²) in [5.74, 6) is 0. The summed E-state index contributed by atoms with van der Waals surface area (Å²) in [6.45, 7) is 2.06. The second-order valence-electron chi connectivity index (χ2n) is 5.01. The van der Waals surface area contributed by atoms with E-state index >= 15 is 0 Å². The molecule has 1 saturated carbocycles. The molecule has 0 saturated heterocycles. The third-order valence-corrected chi connectivity index (χ3v) is 5.14. The van der Waals surface area contributed by atoms with Gasteiger partial charge in [-0.15, -0.1) is 0 Å². The monoisotopic (exact) mass is 279 g/mol. The standard InChI is InChI=1S/C13H17N3S2/c1-8-5-11-12(14-7-8)16(13(17)15-11)9-3-4-10(6-9)18-2/h5,7,9-10H,3-4,6H2,1-2H3,(H,15,17). The molecule has 0 spiro atoms. The normalized spacial score (nSPS) is 23.9. The van der Waals surface area contributed by atoms with Gasteiger partial charge in [-0.1, -0.05) is 0 Å². The summed E-state index contributed by atoms with van der Waals surface area (Å²) < 4.78 is 3.04. The van der Waals surface area contributed by atoms with E-state index in [0.717, 1.165) is 21.2 Å². The second kappa shape index (κ2) is 4.70. The Morgan fingerprint density at radius 1 is 1.50 bits per heavy atom. The average molecular weight is 279 g/mol. The summed E-state index contributed by atoms with van der Waals surface area (Å²) >= 11 is 7.44. The first-order chi connectivity index (χ1) is 8.69. The zero-order valence-electron chi connectivity index (χ0n) is 10.6. The molecule has 2 unspecified atom stereocenters. The van der Waals surface area contributed by atoms with Crippen LogP contribution < -0.4 is 0 Å². The van der Waals surface area contributed by atoms with Crippen molar-refractivity contribution in [2.24, 2.45) is 0 Å². The van der Waals surface area contributed by atoms with Crippen LogP contribution in [0.2, 0.25) is 0 Å². The molecule has 0 aromatic carbocycles. The van der Waals surface area contributed by atoms with Crippen molar-refractivity contribution in [2.45, 2.75) is 37.5 Å². The van der Waals surface area contributed by atoms with Gasteiger partial charge in [0.05, 0.1) is 5.52 Å². The maximum Gasteiger partial charge on any atom is 0.179 e. The molecule has 2 heterocycles. The van der Waals surface area contributed by atoms with Gasteiger partial charge in [0.2, 0.25) is 0 Å². The van der Waals surface area contributed by atoms with Crippen molar-refractivity contribution >= 4 is 35.1 Å². The van der Waals surface area contributed by atoms with Crippen LogP contribution in [0, 0.1) is 11.7 Å². The molecule has 0 radical (unpaired) electrons. The van der Waals surface area contributed by atoms with Crippen molar-refractivity contribution in [3.8, 4) is 0 Å². The SMILES string of the molecule is CSC1CCC(n2c(=S)[nH]c3cc(C)cnc32)C1. The number of nitrogens with zero attached hydrogens (tertiary/aromatic N) is 2. The predicted octanol–water partition coefficient (Wildman–Crippen LogP) is 3.86. The van der Waals surface area contributed by atoms with E-state index in [-0.39, 0.29) is 0 Å². The average Bonchev–Trinajstić information content (AvgIpc) is 2.91. The Kier molecular flexibility index (Phi) is 3.20. The number of aromatic amines is 1. The topological polar surface area (TPSA) is 33.6 Å². The molecule has 1 fully saturated rings. The Bertz CT molecular complexity index is 629. The largest absolute Gasteiger partial charge is 0.329 e. The minimum Gasteiger partial charge on any atom is -0.329 e. The molecule has 96 valence electrons. The number of imidazole rings is 1. The molecule has 0 amide bonds. The molecule has 0 aliphatic heterocycles. The number of hydrogen-bond donors (Lipinski definition) is 1. The van der Waals surface area contributed by atoms with Gasteiger partial charge >= 0.3 is 0 Å². The van der Waals surface area contributed by atoms with Gasteiger partial charge in [-0.2, -0.15) is 11.8 Å². The van der Waals surface area contributed by atoms with Gasteiger partial charge in [-0.3, -0.25) is 4.57 Å². The van der Waals surface area contributed by atoms with Crippen LogP contribution in [0.15, 0.2) is 12.3 Å². The van der Waals surface area contributed by atoms with Gasteiger partial charge in [-0.05, 0) is 56.3 Å². The van der Waals surface area contributed by atoms with Crippen molar-refractivity contribution in [3.05, 3.63) is 22.6 Å². The van der Waals surface area contributed by atoms with Crippen molar-refractivity contribution < 1.29 is 0 Å². The third kappa shape index (κ3) is 1.99. The highest BCUT2D eigenvalue weighted by Gasteiger charge is 2.27. The molecular weight excluding hydrogens is 262 g/mol. The maximum atomic E-state index is 5.47. The zero-order chi connectivity index (χ0) is 12.7. The summed E-state index contributed by atoms with van der Waals surface area (Å²) in [6, 6.07) is 2.63. The fraction of sp³-hybridized carbons (Fsp3) is 0.538. The fourth-order valence-electron chi connectivity index (χ4n) is 2.82. The Labute approximate surface area is 116 Å². The minimum absolute atomic E-state index is 0.513. The lowest BCUT2D eigenvalue weighted by Crippen LogP contribution is -2.07. The first kappa shape index (κ1) is 12.2. The lowest BCUT2D eigenvalue weighted by atomic mass is 10.2. The minimum atomic E-state index is 0.513. The molecule has 0 bridgehead atoms. The summed E-state index contributed by atoms with van der Waals surface area (Å²) in [7, 11) is 0. The lowest BCUT2D eigenvalue weighted by Gasteiger charge is -2.12. The highest BCUT2D eigenvalue weighted by atomic mass is 32.2. The molecule has 3 rings (SSSR count). The van der Waals surface area contributed by atoms with E-state index in [1.807, 2.05) is 18.0 Å². The van der Waals surface area contributed by atoms with E-state index in [9.17, 15) is 0 Å². The zero-order valence-corrected chi connectivity index (χ0v) is 12.3. The van der Waals surface area contributed by atoms with Crippen LogP contribution in [0.25, 0.3) is 11.2 Å². The van der Waals surface area contributed by atoms with E-state index in [2.05, 4.69) is 33.8 Å². The Hall–Kier alpha value is -0.810. The van der Waals surface area contributed by atoms with Gasteiger partial charge in [0.15, 0.2) is 10.4 Å². The number of rotatable bonds is 2. The molecule has 2 aromatic heterocycles. The molecule has 1 N–H and O–H groups in total. The number of hydrogen-bond acceptors (Lipinski definition) is 3. The van der Waals surface area contributed by atoms with Crippen LogP contribution in [0.3, 0.4) is 0 Å². The van der Waals surface area contributed by atoms with Crippen molar-refractivity contribution in [3.63, 3.8) is 0 Å². The van der Waals surface area contributed by atoms with Crippen LogP contribution in [-0.2, 0) is 0 Å². The van der Waals surface area contributed by atoms with Gasteiger partial charge in [0.1, 0.15) is 0 Å². The second-order valence-corrected chi connectivity index (χ2v) is 6.53. The van der Waals surface area contributed by atoms with E-state index in [4.69, 9.17) is 12.2 Å². The highest BCUT2D eigenvalue weighted by Crippen LogP contribution is 2.37. The molecule has 18 heavy (non-hydrogen) atoms. The number of pyridine rings is 1. The van der Waals surface area contributed by atoms with Crippen LogP contribution in [0.5, 0.6) is 0 Å². The summed E-state index contributed by atoms with van der Waals surface area (Å²) in [5, 5.41) is 0.771. The van der Waals surface area contributed by atoms with Crippen molar-refractivity contribution in [1.29, 1.82) is 0 Å². The summed E-state index contributed by atoms with van der Waals surface area (Å²) in [4.78, 5) is 7.84. The Morgan fingerprint density at radius 3 is 3.06 bits per heavy atom. The Balaban J connectivity index is 2.07. The summed E-state index contributed by atoms with van der Waals surface area (Å²) in [5.41, 5.74) is 3.24. The first-order valence-electron chi connectivity index (χ1n) is 6.28. The van der Waals surface area contributed by atoms with Crippen molar-refractivity contribution in [2.75, 3.05) is 6.26 Å². The van der Waals surface area contributed by atoms with Gasteiger partial charge in [-0.25, -0.2) is 4.98 Å². The highest BCUT2D eigenvalue weighted by molar-refractivity contribution is 7.99. The predicted molar refractivity (Wildman–Crippen MR) is 79.8 cm³/mol. The number of aromatic nitrogens is 3. The summed E-state index contributed by atoms with van der Waals surface area (Å²) in [6.07, 6.45) is 7.82. The van der Waals surface area contributed by atoms with Crippen LogP contribution in [0.4, 0.5) is 0 Å². The molecule has 2 atom stereocenters. The third-order valence-electron chi connectivity index (χ3n) is 3.75. The number of aryl methyl sites for hydroxylation is 1. The number of fused-ring (bicyclic) bond motifs is 1. The lowest BCUT2D eigenvalue weighted by molar-refractivity contribution is 0.524. The van der Waals surface area contributed by atoms with E-state index < -0.39 is 0 Å². The van der Waals surface area contributed by atoms with E-state index in [1.54, 1.807) is 0 Å². The first-order valence-corrected chi connectivity index (χ1v) is 7.98.